The molecule has 4 aliphatic rings. The molecule has 5 aromatic carbocycles. The zero-order valence-corrected chi connectivity index (χ0v) is 48.6. The Bertz CT molecular complexity index is 3090. The molecule has 4 aliphatic heterocycles. The Morgan fingerprint density at radius 3 is 1.96 bits per heavy atom. The van der Waals surface area contributed by atoms with Gasteiger partial charge >= 0.3 is 0 Å². The molecule has 4 heterocycles. The highest BCUT2D eigenvalue weighted by Crippen LogP contribution is 2.50. The van der Waals surface area contributed by atoms with Crippen molar-refractivity contribution < 1.29 is 38.1 Å². The van der Waals surface area contributed by atoms with Crippen molar-refractivity contribution in [3.63, 3.8) is 0 Å². The van der Waals surface area contributed by atoms with E-state index in [1.165, 1.54) is 0 Å². The van der Waals surface area contributed by atoms with Gasteiger partial charge < -0.3 is 38.8 Å². The van der Waals surface area contributed by atoms with Crippen molar-refractivity contribution in [3.8, 4) is 23.0 Å². The monoisotopic (exact) mass is 1080 g/mol. The molecule has 77 heavy (non-hydrogen) atoms. The van der Waals surface area contributed by atoms with Crippen LogP contribution in [0.15, 0.2) is 96.0 Å². The number of carbonyl (C=O) groups excluding carboxylic acids is 3. The van der Waals surface area contributed by atoms with Gasteiger partial charge in [0.15, 0.2) is 23.0 Å². The van der Waals surface area contributed by atoms with Gasteiger partial charge in [-0.25, -0.2) is 0 Å². The first-order chi connectivity index (χ1) is 36.5. The highest BCUT2D eigenvalue weighted by Gasteiger charge is 2.43. The Balaban J connectivity index is 1.08. The van der Waals surface area contributed by atoms with E-state index < -0.39 is 5.54 Å². The minimum absolute atomic E-state index is 0.00176. The number of aliphatic imine (C=N–C) groups is 1. The molecule has 5 aromatic rings. The molecule has 0 spiro atoms. The molecule has 0 radical (unpaired) electrons. The minimum Gasteiger partial charge on any atom is -0.493 e. The standard InChI is InChI=1S/C62H75N5O8S2/c1-38(33-60(5,6)62(9,10)77-76-13)56(68)67(61(7,8)22-23-75-59(2,3)4)43-25-39(36-73-54-31-48-46(29-52(54)71-11)57(69)65-44(34-63-48)27-41-18-14-16-20-50(41)65)24-40(26-43)37-74-55-32-49-47(30-53(55)72-12)58(70)66-45(35-64-49)28-42-19-15-17-21-51(42)66/h14-21,24-26,29-32,34,38,44-45,64H,22-23,27-28,33,35-37H2,1-13H3/t38?,44-,45-/m0/s1. The molecule has 0 fully saturated rings. The van der Waals surface area contributed by atoms with E-state index in [1.807, 2.05) is 120 Å². The van der Waals surface area contributed by atoms with Crippen LogP contribution in [0.25, 0.3) is 0 Å². The third-order valence-corrected chi connectivity index (χ3v) is 18.7. The molecule has 0 aliphatic carbocycles. The summed E-state index contributed by atoms with van der Waals surface area (Å²) < 4.78 is 31.5. The maximum Gasteiger partial charge on any atom is 0.261 e. The second kappa shape index (κ2) is 21.9. The number of ether oxygens (including phenoxy) is 5. The first-order valence-electron chi connectivity index (χ1n) is 26.7. The molecule has 0 bridgehead atoms. The van der Waals surface area contributed by atoms with E-state index in [0.29, 0.717) is 83.6 Å². The first-order valence-corrected chi connectivity index (χ1v) is 29.2. The maximum absolute atomic E-state index is 15.5. The topological polar surface area (TPSA) is 131 Å². The lowest BCUT2D eigenvalue weighted by molar-refractivity contribution is -0.124. The van der Waals surface area contributed by atoms with Gasteiger partial charge in [-0.1, -0.05) is 78.8 Å². The number of nitrogens with zero attached hydrogens (tertiary/aromatic N) is 4. The molecule has 9 rings (SSSR count). The normalized spacial score (nSPS) is 17.2. The van der Waals surface area contributed by atoms with E-state index in [0.717, 1.165) is 40.0 Å². The molecule has 3 atom stereocenters. The number of hydrogen-bond donors (Lipinski definition) is 1. The number of fused-ring (bicyclic) bond motifs is 8. The highest BCUT2D eigenvalue weighted by atomic mass is 33.1. The van der Waals surface area contributed by atoms with Crippen molar-refractivity contribution in [1.29, 1.82) is 0 Å². The van der Waals surface area contributed by atoms with E-state index in [-0.39, 0.29) is 64.7 Å². The van der Waals surface area contributed by atoms with Gasteiger partial charge in [-0.2, -0.15) is 0 Å². The molecule has 0 saturated carbocycles. The second-order valence-electron chi connectivity index (χ2n) is 23.5. The number of amides is 3. The molecule has 15 heteroatoms. The van der Waals surface area contributed by atoms with Gasteiger partial charge in [-0.15, -0.1) is 0 Å². The fourth-order valence-corrected chi connectivity index (χ4v) is 13.7. The summed E-state index contributed by atoms with van der Waals surface area (Å²) in [6.45, 7) is 22.6. The van der Waals surface area contributed by atoms with Crippen LogP contribution < -0.4 is 39.0 Å². The maximum atomic E-state index is 15.5. The van der Waals surface area contributed by atoms with E-state index in [2.05, 4.69) is 65.2 Å². The largest absolute Gasteiger partial charge is 0.493 e. The van der Waals surface area contributed by atoms with Gasteiger partial charge in [-0.05, 0) is 144 Å². The van der Waals surface area contributed by atoms with E-state index >= 15 is 4.79 Å². The molecule has 1 N–H and O–H groups in total. The lowest BCUT2D eigenvalue weighted by atomic mass is 9.73. The molecule has 0 saturated heterocycles. The van der Waals surface area contributed by atoms with Crippen LogP contribution in [0.2, 0.25) is 0 Å². The third kappa shape index (κ3) is 11.4. The van der Waals surface area contributed by atoms with Crippen molar-refractivity contribution in [1.82, 2.24) is 0 Å². The molecule has 13 nitrogen and oxygen atoms in total. The number of methoxy groups -OCH3 is 2. The van der Waals surface area contributed by atoms with Crippen LogP contribution >= 0.6 is 21.6 Å². The molecule has 1 unspecified atom stereocenters. The summed E-state index contributed by atoms with van der Waals surface area (Å²) in [4.78, 5) is 54.6. The quantitative estimate of drug-likeness (QED) is 0.0793. The summed E-state index contributed by atoms with van der Waals surface area (Å²) in [6, 6.07) is 28.9. The van der Waals surface area contributed by atoms with Gasteiger partial charge in [0.1, 0.15) is 13.2 Å². The Kier molecular flexibility index (Phi) is 15.8. The van der Waals surface area contributed by atoms with Crippen LogP contribution in [-0.2, 0) is 35.6 Å². The van der Waals surface area contributed by atoms with Crippen molar-refractivity contribution in [2.75, 3.05) is 53.6 Å². The van der Waals surface area contributed by atoms with E-state index in [1.54, 1.807) is 43.2 Å². The van der Waals surface area contributed by atoms with Crippen LogP contribution in [0.4, 0.5) is 28.4 Å². The van der Waals surface area contributed by atoms with Gasteiger partial charge in [0.05, 0.1) is 54.4 Å². The summed E-state index contributed by atoms with van der Waals surface area (Å²) in [5.41, 5.74) is 7.08. The minimum atomic E-state index is -0.714. The zero-order chi connectivity index (χ0) is 55.2. The number of para-hydroxylation sites is 2. The molecular formula is C62H75N5O8S2. The summed E-state index contributed by atoms with van der Waals surface area (Å²) in [5.74, 6) is 1.08. The number of nitrogens with one attached hydrogen (secondary N) is 1. The van der Waals surface area contributed by atoms with Gasteiger partial charge in [0, 0.05) is 71.2 Å². The fourth-order valence-electron chi connectivity index (χ4n) is 11.1. The summed E-state index contributed by atoms with van der Waals surface area (Å²) in [6.07, 6.45) is 6.60. The van der Waals surface area contributed by atoms with Crippen LogP contribution in [0.1, 0.15) is 125 Å². The zero-order valence-electron chi connectivity index (χ0n) is 47.0. The van der Waals surface area contributed by atoms with Crippen LogP contribution in [0.3, 0.4) is 0 Å². The fraction of sp³-hybridized carbons (Fsp3) is 0.452. The van der Waals surface area contributed by atoms with E-state index in [4.69, 9.17) is 28.7 Å². The molecule has 3 amide bonds. The Morgan fingerprint density at radius 1 is 0.753 bits per heavy atom. The Morgan fingerprint density at radius 2 is 1.34 bits per heavy atom. The molecule has 408 valence electrons. The summed E-state index contributed by atoms with van der Waals surface area (Å²) in [7, 11) is 6.72. The lowest BCUT2D eigenvalue weighted by Crippen LogP contribution is -2.52. The number of carbonyl (C=O) groups is 3. The number of benzene rings is 5. The summed E-state index contributed by atoms with van der Waals surface area (Å²) in [5, 5.41) is 3.55. The average Bonchev–Trinajstić information content (AvgIpc) is 3.88. The Labute approximate surface area is 463 Å². The SMILES string of the molecule is COc1cc2c(cc1OCc1cc(COc3cc4c(cc3OC)C(=O)N3c5ccccc5C[C@H]3CN4)cc(N(C(=O)C(C)CC(C)(C)C(C)(C)SSC)C(C)(C)CCOC(C)(C)C)c1)N=C[C@@H]1Cc3ccccc3N1C2=O. The number of rotatable bonds is 19. The number of hydrogen-bond acceptors (Lipinski definition) is 12. The van der Waals surface area contributed by atoms with Gasteiger partial charge in [-0.3, -0.25) is 24.3 Å². The smallest absolute Gasteiger partial charge is 0.261 e. The molecule has 0 aromatic heterocycles. The highest BCUT2D eigenvalue weighted by molar-refractivity contribution is 8.77. The van der Waals surface area contributed by atoms with Crippen LogP contribution in [0, 0.1) is 11.3 Å². The van der Waals surface area contributed by atoms with E-state index in [9.17, 15) is 9.59 Å². The lowest BCUT2D eigenvalue weighted by Gasteiger charge is -2.45. The van der Waals surface area contributed by atoms with Crippen LogP contribution in [-0.4, -0.2) is 85.5 Å². The first kappa shape index (κ1) is 55.6. The van der Waals surface area contributed by atoms with Crippen molar-refractivity contribution in [3.05, 3.63) is 124 Å². The van der Waals surface area contributed by atoms with Crippen molar-refractivity contribution in [2.45, 2.75) is 136 Å². The third-order valence-electron chi connectivity index (χ3n) is 15.8. The van der Waals surface area contributed by atoms with Crippen molar-refractivity contribution >= 4 is 74.0 Å². The number of anilines is 4. The van der Waals surface area contributed by atoms with Crippen molar-refractivity contribution in [2.24, 2.45) is 16.3 Å². The molecular weight excluding hydrogens is 1010 g/mol. The van der Waals surface area contributed by atoms with Gasteiger partial charge in [0.25, 0.3) is 11.8 Å². The predicted molar refractivity (Wildman–Crippen MR) is 314 cm³/mol. The summed E-state index contributed by atoms with van der Waals surface area (Å²) >= 11 is 0. The Hall–Kier alpha value is -6.16. The second-order valence-corrected chi connectivity index (χ2v) is 26.5. The van der Waals surface area contributed by atoms with Crippen LogP contribution in [0.5, 0.6) is 23.0 Å². The van der Waals surface area contributed by atoms with Gasteiger partial charge in [0.2, 0.25) is 5.91 Å². The predicted octanol–water partition coefficient (Wildman–Crippen LogP) is 13.3. The average molecular weight is 1080 g/mol.